The van der Waals surface area contributed by atoms with E-state index in [2.05, 4.69) is 10.3 Å². The van der Waals surface area contributed by atoms with Crippen LogP contribution < -0.4 is 5.32 Å². The Labute approximate surface area is 162 Å². The summed E-state index contributed by atoms with van der Waals surface area (Å²) in [5, 5.41) is 2.90. The second-order valence-electron chi connectivity index (χ2n) is 6.97. The van der Waals surface area contributed by atoms with Crippen LogP contribution >= 0.6 is 0 Å². The summed E-state index contributed by atoms with van der Waals surface area (Å²) in [5.41, 5.74) is 3.73. The Morgan fingerprint density at radius 3 is 2.50 bits per heavy atom. The number of anilines is 1. The van der Waals surface area contributed by atoms with Crippen molar-refractivity contribution < 1.29 is 14.3 Å². The fourth-order valence-electron chi connectivity index (χ4n) is 3.51. The van der Waals surface area contributed by atoms with Gasteiger partial charge in [-0.15, -0.1) is 0 Å². The van der Waals surface area contributed by atoms with Crippen molar-refractivity contribution in [3.05, 3.63) is 65.2 Å². The lowest BCUT2D eigenvalue weighted by Crippen LogP contribution is -2.40. The standard InChI is InChI=1S/C21H22N4O3/c1-14-11-15(2)13-16(12-14)22-20(26)19-23-18(17-5-3-4-6-25(17)19)21(27)24-7-9-28-10-8-24/h3-6,11-13H,7-10H2,1-2H3,(H,22,26). The van der Waals surface area contributed by atoms with Crippen LogP contribution in [0.4, 0.5) is 5.69 Å². The van der Waals surface area contributed by atoms with Crippen LogP contribution in [0.15, 0.2) is 42.6 Å². The van der Waals surface area contributed by atoms with E-state index in [0.29, 0.717) is 37.5 Å². The maximum absolute atomic E-state index is 13.0. The molecule has 2 aromatic heterocycles. The largest absolute Gasteiger partial charge is 0.378 e. The number of hydrogen-bond donors (Lipinski definition) is 1. The summed E-state index contributed by atoms with van der Waals surface area (Å²) < 4.78 is 6.98. The van der Waals surface area contributed by atoms with E-state index in [1.165, 1.54) is 0 Å². The van der Waals surface area contributed by atoms with Gasteiger partial charge in [0.2, 0.25) is 5.82 Å². The fourth-order valence-corrected chi connectivity index (χ4v) is 3.51. The van der Waals surface area contributed by atoms with E-state index in [4.69, 9.17) is 4.74 Å². The first-order valence-corrected chi connectivity index (χ1v) is 9.27. The van der Waals surface area contributed by atoms with Crippen LogP contribution in [0.3, 0.4) is 0 Å². The Hall–Kier alpha value is -3.19. The summed E-state index contributed by atoms with van der Waals surface area (Å²) in [7, 11) is 0. The van der Waals surface area contributed by atoms with E-state index in [1.807, 2.05) is 44.2 Å². The van der Waals surface area contributed by atoms with E-state index in [0.717, 1.165) is 11.1 Å². The molecule has 7 nitrogen and oxygen atoms in total. The van der Waals surface area contributed by atoms with E-state index < -0.39 is 0 Å². The number of pyridine rings is 1. The number of rotatable bonds is 3. The molecule has 0 aliphatic carbocycles. The number of carbonyl (C=O) groups is 2. The number of fused-ring (bicyclic) bond motifs is 1. The summed E-state index contributed by atoms with van der Waals surface area (Å²) >= 11 is 0. The van der Waals surface area contributed by atoms with Gasteiger partial charge >= 0.3 is 0 Å². The van der Waals surface area contributed by atoms with Crippen molar-refractivity contribution in [2.45, 2.75) is 13.8 Å². The minimum Gasteiger partial charge on any atom is -0.378 e. The maximum atomic E-state index is 13.0. The maximum Gasteiger partial charge on any atom is 0.292 e. The molecule has 3 aromatic rings. The first kappa shape index (κ1) is 18.2. The van der Waals surface area contributed by atoms with E-state index in [1.54, 1.807) is 21.6 Å². The third-order valence-electron chi connectivity index (χ3n) is 4.73. The summed E-state index contributed by atoms with van der Waals surface area (Å²) in [6.07, 6.45) is 1.74. The zero-order chi connectivity index (χ0) is 19.7. The number of benzene rings is 1. The second kappa shape index (κ2) is 7.44. The molecular formula is C21H22N4O3. The molecule has 0 unspecified atom stereocenters. The number of hydrogen-bond acceptors (Lipinski definition) is 4. The molecule has 1 fully saturated rings. The summed E-state index contributed by atoms with van der Waals surface area (Å²) in [4.78, 5) is 32.0. The highest BCUT2D eigenvalue weighted by Crippen LogP contribution is 2.19. The minimum atomic E-state index is -0.354. The molecule has 1 aliphatic heterocycles. The molecule has 1 saturated heterocycles. The number of morpholine rings is 1. The molecule has 3 heterocycles. The Morgan fingerprint density at radius 1 is 1.07 bits per heavy atom. The zero-order valence-electron chi connectivity index (χ0n) is 15.9. The number of amides is 2. The van der Waals surface area contributed by atoms with Crippen LogP contribution in [0.25, 0.3) is 5.52 Å². The lowest BCUT2D eigenvalue weighted by Gasteiger charge is -2.26. The Balaban J connectivity index is 1.69. The van der Waals surface area contributed by atoms with Gasteiger partial charge in [-0.2, -0.15) is 0 Å². The van der Waals surface area contributed by atoms with Gasteiger partial charge < -0.3 is 15.0 Å². The lowest BCUT2D eigenvalue weighted by molar-refractivity contribution is 0.0300. The van der Waals surface area contributed by atoms with E-state index in [-0.39, 0.29) is 23.3 Å². The molecule has 0 spiro atoms. The molecule has 0 saturated carbocycles. The molecular weight excluding hydrogens is 356 g/mol. The van der Waals surface area contributed by atoms with Crippen molar-refractivity contribution in [3.63, 3.8) is 0 Å². The number of carbonyl (C=O) groups excluding carboxylic acids is 2. The molecule has 1 aliphatic rings. The van der Waals surface area contributed by atoms with Crippen LogP contribution in [-0.2, 0) is 4.74 Å². The van der Waals surface area contributed by atoms with Gasteiger partial charge in [-0.3, -0.25) is 14.0 Å². The molecule has 0 bridgehead atoms. The van der Waals surface area contributed by atoms with Crippen molar-refractivity contribution in [2.75, 3.05) is 31.6 Å². The number of nitrogens with one attached hydrogen (secondary N) is 1. The van der Waals surface area contributed by atoms with Gasteiger partial charge in [0.1, 0.15) is 0 Å². The monoisotopic (exact) mass is 378 g/mol. The van der Waals surface area contributed by atoms with E-state index in [9.17, 15) is 9.59 Å². The third kappa shape index (κ3) is 3.48. The zero-order valence-corrected chi connectivity index (χ0v) is 15.9. The second-order valence-corrected chi connectivity index (χ2v) is 6.97. The topological polar surface area (TPSA) is 75.9 Å². The molecule has 4 rings (SSSR count). The third-order valence-corrected chi connectivity index (χ3v) is 4.73. The Bertz CT molecular complexity index is 1030. The number of ether oxygens (including phenoxy) is 1. The van der Waals surface area contributed by atoms with Crippen LogP contribution in [0.1, 0.15) is 32.2 Å². The highest BCUT2D eigenvalue weighted by molar-refractivity contribution is 6.06. The SMILES string of the molecule is Cc1cc(C)cc(NC(=O)c2nc(C(=O)N3CCOCC3)c3ccccn23)c1. The average Bonchev–Trinajstić information content (AvgIpc) is 3.07. The summed E-state index contributed by atoms with van der Waals surface area (Å²) in [6, 6.07) is 11.3. The van der Waals surface area contributed by atoms with Crippen LogP contribution in [0.2, 0.25) is 0 Å². The Kier molecular flexibility index (Phi) is 4.83. The van der Waals surface area contributed by atoms with Gasteiger partial charge in [-0.25, -0.2) is 4.98 Å². The first-order chi connectivity index (χ1) is 13.5. The number of aromatic nitrogens is 2. The van der Waals surface area contributed by atoms with Gasteiger partial charge in [0.15, 0.2) is 5.69 Å². The molecule has 0 radical (unpaired) electrons. The van der Waals surface area contributed by atoms with Crippen molar-refractivity contribution in [3.8, 4) is 0 Å². The molecule has 7 heteroatoms. The molecule has 1 N–H and O–H groups in total. The highest BCUT2D eigenvalue weighted by Gasteiger charge is 2.26. The van der Waals surface area contributed by atoms with Crippen molar-refractivity contribution in [1.29, 1.82) is 0 Å². The van der Waals surface area contributed by atoms with Gasteiger partial charge in [-0.1, -0.05) is 12.1 Å². The van der Waals surface area contributed by atoms with Crippen LogP contribution in [0, 0.1) is 13.8 Å². The van der Waals surface area contributed by atoms with Gasteiger partial charge in [0.05, 0.1) is 18.7 Å². The van der Waals surface area contributed by atoms with Crippen molar-refractivity contribution in [2.24, 2.45) is 0 Å². The van der Waals surface area contributed by atoms with Gasteiger partial charge in [0.25, 0.3) is 11.8 Å². The minimum absolute atomic E-state index is 0.183. The summed E-state index contributed by atoms with van der Waals surface area (Å²) in [5.74, 6) is -0.351. The normalized spacial score (nSPS) is 14.3. The predicted molar refractivity (Wildman–Crippen MR) is 106 cm³/mol. The van der Waals surface area contributed by atoms with Gasteiger partial charge in [0, 0.05) is 25.0 Å². The highest BCUT2D eigenvalue weighted by atomic mass is 16.5. The first-order valence-electron chi connectivity index (χ1n) is 9.27. The molecule has 0 atom stereocenters. The molecule has 2 amide bonds. The van der Waals surface area contributed by atoms with Crippen LogP contribution in [-0.4, -0.2) is 52.4 Å². The number of imidazole rings is 1. The molecule has 144 valence electrons. The number of aryl methyl sites for hydroxylation is 2. The van der Waals surface area contributed by atoms with Crippen LogP contribution in [0.5, 0.6) is 0 Å². The lowest BCUT2D eigenvalue weighted by atomic mass is 10.1. The van der Waals surface area contributed by atoms with Crippen molar-refractivity contribution >= 4 is 23.0 Å². The molecule has 1 aromatic carbocycles. The quantitative estimate of drug-likeness (QED) is 0.760. The fraction of sp³-hybridized carbons (Fsp3) is 0.286. The number of nitrogens with zero attached hydrogens (tertiary/aromatic N) is 3. The Morgan fingerprint density at radius 2 is 1.79 bits per heavy atom. The van der Waals surface area contributed by atoms with E-state index >= 15 is 0 Å². The smallest absolute Gasteiger partial charge is 0.292 e. The van der Waals surface area contributed by atoms with Crippen molar-refractivity contribution in [1.82, 2.24) is 14.3 Å². The van der Waals surface area contributed by atoms with Gasteiger partial charge in [-0.05, 0) is 49.2 Å². The molecule has 28 heavy (non-hydrogen) atoms. The summed E-state index contributed by atoms with van der Waals surface area (Å²) in [6.45, 7) is 6.03. The average molecular weight is 378 g/mol. The predicted octanol–water partition coefficient (Wildman–Crippen LogP) is 2.68.